The molecular weight excluding hydrogens is 585 g/mol. The van der Waals surface area contributed by atoms with Crippen LogP contribution in [0.1, 0.15) is 0 Å². The average Bonchev–Trinajstić information content (AvgIpc) is 3.69. The standard InChI is InChI=1S/C39H22N6S/c1-3-13-23(14-4-1)37-42-38(24-15-5-2-6-16-24)44-39(43-37)45-29-21-11-7-17-25(29)31-33-34(41-28-20-10-9-19-27(28)40-33)32-26-18-8-12-22-30(26)46-36(32)35(31)45/h1-22H. The number of para-hydroxylation sites is 3. The second kappa shape index (κ2) is 9.72. The third kappa shape index (κ3) is 3.66. The highest BCUT2D eigenvalue weighted by molar-refractivity contribution is 7.27. The Kier molecular flexibility index (Phi) is 5.35. The fourth-order valence-corrected chi connectivity index (χ4v) is 7.84. The van der Waals surface area contributed by atoms with Crippen LogP contribution in [0.3, 0.4) is 0 Å². The summed E-state index contributed by atoms with van der Waals surface area (Å²) in [6, 6.07) is 45.3. The molecule has 0 amide bonds. The van der Waals surface area contributed by atoms with Gasteiger partial charge in [-0.25, -0.2) is 15.0 Å². The van der Waals surface area contributed by atoms with E-state index in [1.165, 1.54) is 10.1 Å². The Labute approximate surface area is 266 Å². The van der Waals surface area contributed by atoms with Gasteiger partial charge in [0.05, 0.1) is 32.3 Å². The zero-order valence-corrected chi connectivity index (χ0v) is 25.1. The molecule has 4 aromatic heterocycles. The summed E-state index contributed by atoms with van der Waals surface area (Å²) in [6.45, 7) is 0. The minimum absolute atomic E-state index is 0.561. The van der Waals surface area contributed by atoms with Gasteiger partial charge in [-0.1, -0.05) is 109 Å². The Morgan fingerprint density at radius 2 is 1.00 bits per heavy atom. The Morgan fingerprint density at radius 1 is 0.457 bits per heavy atom. The molecule has 0 spiro atoms. The number of fused-ring (bicyclic) bond motifs is 11. The maximum atomic E-state index is 5.31. The summed E-state index contributed by atoms with van der Waals surface area (Å²) >= 11 is 1.78. The number of rotatable bonds is 3. The maximum Gasteiger partial charge on any atom is 0.238 e. The lowest BCUT2D eigenvalue weighted by molar-refractivity contribution is 0.955. The lowest BCUT2D eigenvalue weighted by atomic mass is 10.1. The van der Waals surface area contributed by atoms with E-state index in [1.807, 2.05) is 84.9 Å². The van der Waals surface area contributed by atoms with Crippen molar-refractivity contribution in [3.8, 4) is 28.7 Å². The first-order valence-electron chi connectivity index (χ1n) is 15.1. The molecule has 0 atom stereocenters. The summed E-state index contributed by atoms with van der Waals surface area (Å²) in [5.41, 5.74) is 7.42. The molecule has 46 heavy (non-hydrogen) atoms. The lowest BCUT2D eigenvalue weighted by Crippen LogP contribution is -2.06. The van der Waals surface area contributed by atoms with E-state index >= 15 is 0 Å². The number of hydrogen-bond acceptors (Lipinski definition) is 6. The first kappa shape index (κ1) is 25.3. The van der Waals surface area contributed by atoms with Gasteiger partial charge in [0.25, 0.3) is 0 Å². The monoisotopic (exact) mass is 606 g/mol. The zero-order chi connectivity index (χ0) is 30.2. The fourth-order valence-electron chi connectivity index (χ4n) is 6.60. The number of hydrogen-bond donors (Lipinski definition) is 0. The van der Waals surface area contributed by atoms with Crippen LogP contribution in [0.2, 0.25) is 0 Å². The molecule has 0 N–H and O–H groups in total. The molecular formula is C39H22N6S. The molecule has 214 valence electrons. The van der Waals surface area contributed by atoms with Gasteiger partial charge in [-0.05, 0) is 24.3 Å². The van der Waals surface area contributed by atoms with Gasteiger partial charge in [0.15, 0.2) is 11.6 Å². The van der Waals surface area contributed by atoms with Gasteiger partial charge in [0.2, 0.25) is 5.95 Å². The molecule has 0 aliphatic carbocycles. The Hall–Kier alpha value is -6.05. The van der Waals surface area contributed by atoms with Crippen molar-refractivity contribution in [1.29, 1.82) is 0 Å². The molecule has 0 bridgehead atoms. The van der Waals surface area contributed by atoms with E-state index in [2.05, 4.69) is 53.1 Å². The topological polar surface area (TPSA) is 69.4 Å². The SMILES string of the molecule is c1ccc(-c2nc(-c3ccccc3)nc(-n3c4ccccc4c4c5nc6ccccc6nc5c5c6ccccc6sc5c43)n2)cc1. The van der Waals surface area contributed by atoms with E-state index in [9.17, 15) is 0 Å². The fraction of sp³-hybridized carbons (Fsp3) is 0. The van der Waals surface area contributed by atoms with Crippen molar-refractivity contribution in [3.63, 3.8) is 0 Å². The predicted molar refractivity (Wildman–Crippen MR) is 189 cm³/mol. The average molecular weight is 607 g/mol. The summed E-state index contributed by atoms with van der Waals surface area (Å²) < 4.78 is 4.54. The molecule has 0 radical (unpaired) electrons. The molecule has 0 saturated heterocycles. The predicted octanol–water partition coefficient (Wildman–Crippen LogP) is 9.77. The molecule has 0 aliphatic heterocycles. The third-order valence-corrected chi connectivity index (χ3v) is 9.79. The van der Waals surface area contributed by atoms with E-state index in [4.69, 9.17) is 24.9 Å². The van der Waals surface area contributed by atoms with Gasteiger partial charge in [-0.3, -0.25) is 4.57 Å². The van der Waals surface area contributed by atoms with Gasteiger partial charge in [-0.2, -0.15) is 9.97 Å². The first-order chi connectivity index (χ1) is 22.8. The molecule has 0 fully saturated rings. The van der Waals surface area contributed by atoms with Crippen LogP contribution < -0.4 is 0 Å². The molecule has 4 heterocycles. The van der Waals surface area contributed by atoms with Crippen LogP contribution in [0.15, 0.2) is 133 Å². The molecule has 7 heteroatoms. The highest BCUT2D eigenvalue weighted by Crippen LogP contribution is 2.47. The minimum Gasteiger partial charge on any atom is -0.276 e. The van der Waals surface area contributed by atoms with Crippen molar-refractivity contribution in [2.24, 2.45) is 0 Å². The zero-order valence-electron chi connectivity index (χ0n) is 24.3. The van der Waals surface area contributed by atoms with Crippen LogP contribution in [0.5, 0.6) is 0 Å². The van der Waals surface area contributed by atoms with Gasteiger partial charge in [-0.15, -0.1) is 11.3 Å². The van der Waals surface area contributed by atoms with Gasteiger partial charge < -0.3 is 0 Å². The van der Waals surface area contributed by atoms with Crippen molar-refractivity contribution >= 4 is 75.4 Å². The molecule has 0 saturated carbocycles. The first-order valence-corrected chi connectivity index (χ1v) is 15.9. The van der Waals surface area contributed by atoms with Crippen LogP contribution in [-0.2, 0) is 0 Å². The molecule has 0 aliphatic rings. The highest BCUT2D eigenvalue weighted by atomic mass is 32.1. The Bertz CT molecular complexity index is 2750. The van der Waals surface area contributed by atoms with Crippen LogP contribution in [0.25, 0.3) is 92.8 Å². The van der Waals surface area contributed by atoms with E-state index in [-0.39, 0.29) is 0 Å². The normalized spacial score (nSPS) is 11.9. The summed E-state index contributed by atoms with van der Waals surface area (Å²) in [4.78, 5) is 25.9. The number of aromatic nitrogens is 6. The summed E-state index contributed by atoms with van der Waals surface area (Å²) in [6.07, 6.45) is 0. The van der Waals surface area contributed by atoms with E-state index in [0.29, 0.717) is 17.6 Å². The summed E-state index contributed by atoms with van der Waals surface area (Å²) in [7, 11) is 0. The van der Waals surface area contributed by atoms with Crippen LogP contribution in [-0.4, -0.2) is 29.5 Å². The minimum atomic E-state index is 0.561. The van der Waals surface area contributed by atoms with Crippen molar-refractivity contribution < 1.29 is 0 Å². The van der Waals surface area contributed by atoms with Crippen molar-refractivity contribution in [3.05, 3.63) is 133 Å². The Balaban J connectivity index is 1.43. The number of thiophene rings is 1. The third-order valence-electron chi connectivity index (χ3n) is 8.62. The smallest absolute Gasteiger partial charge is 0.238 e. The number of nitrogens with zero attached hydrogens (tertiary/aromatic N) is 6. The van der Waals surface area contributed by atoms with Gasteiger partial charge >= 0.3 is 0 Å². The van der Waals surface area contributed by atoms with E-state index in [1.54, 1.807) is 11.3 Å². The number of benzene rings is 6. The molecule has 10 rings (SSSR count). The van der Waals surface area contributed by atoms with Crippen molar-refractivity contribution in [2.75, 3.05) is 0 Å². The van der Waals surface area contributed by atoms with E-state index in [0.717, 1.165) is 65.1 Å². The second-order valence-electron chi connectivity index (χ2n) is 11.3. The maximum absolute atomic E-state index is 5.31. The quantitative estimate of drug-likeness (QED) is 0.187. The molecule has 0 unspecified atom stereocenters. The molecule has 10 aromatic rings. The molecule has 6 aromatic carbocycles. The van der Waals surface area contributed by atoms with Crippen LogP contribution in [0, 0.1) is 0 Å². The lowest BCUT2D eigenvalue weighted by Gasteiger charge is -2.12. The van der Waals surface area contributed by atoms with Gasteiger partial charge in [0.1, 0.15) is 5.52 Å². The Morgan fingerprint density at radius 3 is 1.67 bits per heavy atom. The van der Waals surface area contributed by atoms with Crippen LogP contribution >= 0.6 is 11.3 Å². The summed E-state index contributed by atoms with van der Waals surface area (Å²) in [5, 5.41) is 4.40. The van der Waals surface area contributed by atoms with Crippen molar-refractivity contribution in [2.45, 2.75) is 0 Å². The van der Waals surface area contributed by atoms with Crippen molar-refractivity contribution in [1.82, 2.24) is 29.5 Å². The van der Waals surface area contributed by atoms with Crippen LogP contribution in [0.4, 0.5) is 0 Å². The highest BCUT2D eigenvalue weighted by Gasteiger charge is 2.25. The molecule has 6 nitrogen and oxygen atoms in total. The largest absolute Gasteiger partial charge is 0.276 e. The van der Waals surface area contributed by atoms with Gasteiger partial charge in [0, 0.05) is 37.4 Å². The summed E-state index contributed by atoms with van der Waals surface area (Å²) in [5.74, 6) is 1.80. The second-order valence-corrected chi connectivity index (χ2v) is 12.4. The van der Waals surface area contributed by atoms with E-state index < -0.39 is 0 Å².